The molecule has 0 aromatic heterocycles. The van der Waals surface area contributed by atoms with Crippen LogP contribution in [0.3, 0.4) is 0 Å². The smallest absolute Gasteiger partial charge is 0.310 e. The maximum absolute atomic E-state index is 10.7. The summed E-state index contributed by atoms with van der Waals surface area (Å²) in [6.45, 7) is 0.496. The van der Waals surface area contributed by atoms with E-state index in [1.165, 1.54) is 12.1 Å². The van der Waals surface area contributed by atoms with Gasteiger partial charge in [0, 0.05) is 18.7 Å². The van der Waals surface area contributed by atoms with Crippen LogP contribution < -0.4 is 10.1 Å². The normalized spacial score (nSPS) is 16.3. The molecule has 1 aliphatic carbocycles. The summed E-state index contributed by atoms with van der Waals surface area (Å²) in [4.78, 5) is 10.2. The molecule has 2 rings (SSSR count). The molecule has 0 spiro atoms. The number of nitro groups is 1. The molecule has 1 unspecified atom stereocenters. The zero-order valence-corrected chi connectivity index (χ0v) is 9.91. The number of para-hydroxylation sites is 2. The van der Waals surface area contributed by atoms with Gasteiger partial charge in [-0.15, -0.1) is 0 Å². The van der Waals surface area contributed by atoms with E-state index in [0.29, 0.717) is 12.6 Å². The molecular weight excluding hydrogens is 236 g/mol. The number of nitro benzene ring substituents is 1. The van der Waals surface area contributed by atoms with Gasteiger partial charge in [0.2, 0.25) is 0 Å². The monoisotopic (exact) mass is 252 g/mol. The lowest BCUT2D eigenvalue weighted by Gasteiger charge is -2.12. The molecule has 0 heterocycles. The van der Waals surface area contributed by atoms with Crippen LogP contribution in [0.25, 0.3) is 0 Å². The van der Waals surface area contributed by atoms with Crippen molar-refractivity contribution in [2.75, 3.05) is 13.2 Å². The van der Waals surface area contributed by atoms with Crippen molar-refractivity contribution in [2.45, 2.75) is 25.0 Å². The van der Waals surface area contributed by atoms with E-state index in [1.54, 1.807) is 12.1 Å². The Balaban J connectivity index is 1.82. The highest BCUT2D eigenvalue weighted by Crippen LogP contribution is 2.25. The largest absolute Gasteiger partial charge is 0.484 e. The zero-order chi connectivity index (χ0) is 13.0. The first-order valence-electron chi connectivity index (χ1n) is 5.94. The van der Waals surface area contributed by atoms with E-state index in [9.17, 15) is 15.2 Å². The van der Waals surface area contributed by atoms with Gasteiger partial charge in [-0.3, -0.25) is 10.1 Å². The quantitative estimate of drug-likeness (QED) is 0.560. The minimum Gasteiger partial charge on any atom is -0.484 e. The fourth-order valence-corrected chi connectivity index (χ4v) is 1.57. The van der Waals surface area contributed by atoms with E-state index in [1.807, 2.05) is 0 Å². The van der Waals surface area contributed by atoms with Crippen molar-refractivity contribution in [2.24, 2.45) is 0 Å². The lowest BCUT2D eigenvalue weighted by atomic mass is 10.3. The Bertz CT molecular complexity index is 420. The molecule has 1 fully saturated rings. The van der Waals surface area contributed by atoms with Crippen molar-refractivity contribution in [3.63, 3.8) is 0 Å². The summed E-state index contributed by atoms with van der Waals surface area (Å²) in [5, 5.41) is 23.6. The second kappa shape index (κ2) is 5.79. The number of aliphatic hydroxyl groups is 1. The molecule has 0 saturated heterocycles. The molecule has 1 atom stereocenters. The number of benzene rings is 1. The number of ether oxygens (including phenoxy) is 1. The Labute approximate surface area is 105 Å². The van der Waals surface area contributed by atoms with Crippen molar-refractivity contribution in [3.8, 4) is 5.75 Å². The number of hydrogen-bond acceptors (Lipinski definition) is 5. The van der Waals surface area contributed by atoms with Crippen LogP contribution in [0.15, 0.2) is 24.3 Å². The van der Waals surface area contributed by atoms with Crippen molar-refractivity contribution in [1.82, 2.24) is 5.32 Å². The molecule has 18 heavy (non-hydrogen) atoms. The summed E-state index contributed by atoms with van der Waals surface area (Å²) >= 11 is 0. The molecule has 98 valence electrons. The van der Waals surface area contributed by atoms with Gasteiger partial charge in [0.1, 0.15) is 12.7 Å². The van der Waals surface area contributed by atoms with E-state index < -0.39 is 11.0 Å². The van der Waals surface area contributed by atoms with Gasteiger partial charge in [-0.05, 0) is 18.9 Å². The van der Waals surface area contributed by atoms with Crippen LogP contribution in [0, 0.1) is 10.1 Å². The summed E-state index contributed by atoms with van der Waals surface area (Å²) in [6, 6.07) is 6.67. The Morgan fingerprint density at radius 2 is 2.22 bits per heavy atom. The number of rotatable bonds is 7. The number of nitrogens with one attached hydrogen (secondary N) is 1. The average molecular weight is 252 g/mol. The molecule has 0 radical (unpaired) electrons. The molecule has 0 aliphatic heterocycles. The van der Waals surface area contributed by atoms with Gasteiger partial charge in [-0.25, -0.2) is 0 Å². The Kier molecular flexibility index (Phi) is 4.11. The summed E-state index contributed by atoms with van der Waals surface area (Å²) in [7, 11) is 0. The summed E-state index contributed by atoms with van der Waals surface area (Å²) in [5.74, 6) is 0.188. The molecule has 6 heteroatoms. The first-order chi connectivity index (χ1) is 8.66. The van der Waals surface area contributed by atoms with Crippen LogP contribution in [0.1, 0.15) is 12.8 Å². The molecule has 0 bridgehead atoms. The number of nitrogens with zero attached hydrogens (tertiary/aromatic N) is 1. The molecule has 1 aromatic carbocycles. The van der Waals surface area contributed by atoms with E-state index in [-0.39, 0.29) is 18.0 Å². The van der Waals surface area contributed by atoms with E-state index in [2.05, 4.69) is 5.32 Å². The van der Waals surface area contributed by atoms with Gasteiger partial charge in [0.15, 0.2) is 5.75 Å². The van der Waals surface area contributed by atoms with Gasteiger partial charge in [0.25, 0.3) is 0 Å². The van der Waals surface area contributed by atoms with E-state index in [0.717, 1.165) is 12.8 Å². The lowest BCUT2D eigenvalue weighted by Crippen LogP contribution is -2.32. The van der Waals surface area contributed by atoms with Gasteiger partial charge < -0.3 is 15.2 Å². The van der Waals surface area contributed by atoms with Crippen molar-refractivity contribution < 1.29 is 14.8 Å². The Morgan fingerprint density at radius 1 is 1.50 bits per heavy atom. The maximum atomic E-state index is 10.7. The predicted molar refractivity (Wildman–Crippen MR) is 65.6 cm³/mol. The topological polar surface area (TPSA) is 84.6 Å². The molecule has 1 aromatic rings. The first-order valence-corrected chi connectivity index (χ1v) is 5.94. The number of hydrogen-bond donors (Lipinski definition) is 2. The Hall–Kier alpha value is -1.66. The second-order valence-corrected chi connectivity index (χ2v) is 4.37. The highest BCUT2D eigenvalue weighted by Gasteiger charge is 2.21. The standard InChI is InChI=1S/C12H16N2O4/c15-10(7-13-9-5-6-9)8-18-12-4-2-1-3-11(12)14(16)17/h1-4,9-10,13,15H,5-8H2. The fourth-order valence-electron chi connectivity index (χ4n) is 1.57. The highest BCUT2D eigenvalue weighted by atomic mass is 16.6. The summed E-state index contributed by atoms with van der Waals surface area (Å²) in [6.07, 6.45) is 1.64. The van der Waals surface area contributed by atoms with Crippen molar-refractivity contribution in [1.29, 1.82) is 0 Å². The minimum absolute atomic E-state index is 0.0462. The molecule has 6 nitrogen and oxygen atoms in total. The lowest BCUT2D eigenvalue weighted by molar-refractivity contribution is -0.385. The third-order valence-electron chi connectivity index (χ3n) is 2.71. The maximum Gasteiger partial charge on any atom is 0.310 e. The SMILES string of the molecule is O=[N+]([O-])c1ccccc1OCC(O)CNC1CC1. The van der Waals surface area contributed by atoms with Crippen molar-refractivity contribution in [3.05, 3.63) is 34.4 Å². The predicted octanol–water partition coefficient (Wildman–Crippen LogP) is 1.09. The van der Waals surface area contributed by atoms with Gasteiger partial charge in [-0.2, -0.15) is 0 Å². The van der Waals surface area contributed by atoms with Crippen LogP contribution >= 0.6 is 0 Å². The van der Waals surface area contributed by atoms with Gasteiger partial charge in [-0.1, -0.05) is 12.1 Å². The fraction of sp³-hybridized carbons (Fsp3) is 0.500. The van der Waals surface area contributed by atoms with E-state index in [4.69, 9.17) is 4.74 Å². The number of aliphatic hydroxyl groups excluding tert-OH is 1. The van der Waals surface area contributed by atoms with Gasteiger partial charge in [0.05, 0.1) is 4.92 Å². The second-order valence-electron chi connectivity index (χ2n) is 4.37. The van der Waals surface area contributed by atoms with Crippen LogP contribution in [0.2, 0.25) is 0 Å². The van der Waals surface area contributed by atoms with Gasteiger partial charge >= 0.3 is 5.69 Å². The molecule has 1 aliphatic rings. The Morgan fingerprint density at radius 3 is 2.89 bits per heavy atom. The summed E-state index contributed by atoms with van der Waals surface area (Å²) in [5.41, 5.74) is -0.0835. The van der Waals surface area contributed by atoms with Crippen LogP contribution in [-0.2, 0) is 0 Å². The van der Waals surface area contributed by atoms with Crippen LogP contribution in [-0.4, -0.2) is 35.3 Å². The summed E-state index contributed by atoms with van der Waals surface area (Å²) < 4.78 is 5.28. The molecule has 1 saturated carbocycles. The minimum atomic E-state index is -0.662. The third-order valence-corrected chi connectivity index (χ3v) is 2.71. The highest BCUT2D eigenvalue weighted by molar-refractivity contribution is 5.45. The zero-order valence-electron chi connectivity index (χ0n) is 9.91. The van der Waals surface area contributed by atoms with Crippen LogP contribution in [0.5, 0.6) is 5.75 Å². The molecular formula is C12H16N2O4. The first kappa shape index (κ1) is 12.8. The van der Waals surface area contributed by atoms with E-state index >= 15 is 0 Å². The molecule has 2 N–H and O–H groups in total. The van der Waals surface area contributed by atoms with Crippen LogP contribution in [0.4, 0.5) is 5.69 Å². The molecule has 0 amide bonds. The average Bonchev–Trinajstić information content (AvgIpc) is 3.18. The third kappa shape index (κ3) is 3.68. The van der Waals surface area contributed by atoms with Crippen molar-refractivity contribution >= 4 is 5.69 Å².